The van der Waals surface area contributed by atoms with Crippen molar-refractivity contribution in [1.29, 1.82) is 0 Å². The van der Waals surface area contributed by atoms with Gasteiger partial charge in [-0.3, -0.25) is 0 Å². The molecule has 2 nitrogen and oxygen atoms in total. The third-order valence-electron chi connectivity index (χ3n) is 1.41. The molecule has 46 valence electrons. The van der Waals surface area contributed by atoms with Gasteiger partial charge in [-0.2, -0.15) is 0 Å². The van der Waals surface area contributed by atoms with Gasteiger partial charge in [-0.15, -0.1) is 6.58 Å². The van der Waals surface area contributed by atoms with E-state index in [9.17, 15) is 5.11 Å². The highest BCUT2D eigenvalue weighted by Crippen LogP contribution is 2.18. The average Bonchev–Trinajstić information content (AvgIpc) is 2.17. The largest absolute Gasteiger partial charge is 0.383 e. The number of hydrogen-bond donors (Lipinski definition) is 1. The van der Waals surface area contributed by atoms with Crippen molar-refractivity contribution in [2.24, 2.45) is 0 Å². The summed E-state index contributed by atoms with van der Waals surface area (Å²) in [4.78, 5) is 0. The van der Waals surface area contributed by atoms with Gasteiger partial charge in [0.25, 0.3) is 0 Å². The minimum Gasteiger partial charge on any atom is -0.383 e. The minimum absolute atomic E-state index is 0.413. The molecule has 0 bridgehead atoms. The molecule has 1 N–H and O–H groups in total. The Hall–Kier alpha value is -0.340. The zero-order chi connectivity index (χ0) is 6.04. The summed E-state index contributed by atoms with van der Waals surface area (Å²) in [6.45, 7) is 4.55. The number of hydrogen-bond acceptors (Lipinski definition) is 2. The first kappa shape index (κ1) is 5.79. The van der Waals surface area contributed by atoms with Crippen LogP contribution in [0.15, 0.2) is 12.7 Å². The third-order valence-corrected chi connectivity index (χ3v) is 1.41. The molecule has 0 spiro atoms. The molecular formula is C6H10O2. The van der Waals surface area contributed by atoms with Gasteiger partial charge in [0.15, 0.2) is 0 Å². The zero-order valence-electron chi connectivity index (χ0n) is 4.76. The fraction of sp³-hybridized carbons (Fsp3) is 0.667. The van der Waals surface area contributed by atoms with Crippen LogP contribution >= 0.6 is 0 Å². The summed E-state index contributed by atoms with van der Waals surface area (Å²) in [6, 6.07) is 0. The fourth-order valence-electron chi connectivity index (χ4n) is 0.731. The topological polar surface area (TPSA) is 29.5 Å². The summed E-state index contributed by atoms with van der Waals surface area (Å²) in [7, 11) is 0. The van der Waals surface area contributed by atoms with Crippen LogP contribution in [0.5, 0.6) is 0 Å². The molecule has 1 atom stereocenters. The molecule has 2 heteroatoms. The third kappa shape index (κ3) is 0.904. The lowest BCUT2D eigenvalue weighted by Gasteiger charge is -2.12. The molecule has 1 fully saturated rings. The van der Waals surface area contributed by atoms with E-state index in [0.717, 1.165) is 0 Å². The smallest absolute Gasteiger partial charge is 0.108 e. The van der Waals surface area contributed by atoms with Crippen LogP contribution in [-0.2, 0) is 4.74 Å². The van der Waals surface area contributed by atoms with Crippen molar-refractivity contribution in [2.45, 2.75) is 12.0 Å². The molecule has 1 aliphatic heterocycles. The lowest BCUT2D eigenvalue weighted by atomic mass is 10.1. The van der Waals surface area contributed by atoms with Crippen molar-refractivity contribution >= 4 is 0 Å². The van der Waals surface area contributed by atoms with Crippen LogP contribution in [0.3, 0.4) is 0 Å². The molecule has 0 aliphatic carbocycles. The van der Waals surface area contributed by atoms with E-state index in [1.54, 1.807) is 6.08 Å². The number of ether oxygens (including phenoxy) is 1. The minimum atomic E-state index is -0.722. The predicted octanol–water partition coefficient (Wildman–Crippen LogP) is 0.324. The van der Waals surface area contributed by atoms with Crippen LogP contribution in [0.25, 0.3) is 0 Å². The van der Waals surface area contributed by atoms with E-state index in [1.165, 1.54) is 0 Å². The first-order valence-corrected chi connectivity index (χ1v) is 2.70. The van der Waals surface area contributed by atoms with Crippen LogP contribution in [0.2, 0.25) is 0 Å². The van der Waals surface area contributed by atoms with Gasteiger partial charge in [0.2, 0.25) is 0 Å². The zero-order valence-corrected chi connectivity index (χ0v) is 4.76. The molecule has 8 heavy (non-hydrogen) atoms. The second-order valence-electron chi connectivity index (χ2n) is 2.11. The summed E-state index contributed by atoms with van der Waals surface area (Å²) in [6.07, 6.45) is 2.23. The van der Waals surface area contributed by atoms with Crippen LogP contribution in [0, 0.1) is 0 Å². The van der Waals surface area contributed by atoms with Crippen molar-refractivity contribution < 1.29 is 9.84 Å². The molecule has 0 radical (unpaired) electrons. The van der Waals surface area contributed by atoms with Crippen LogP contribution < -0.4 is 0 Å². The maximum absolute atomic E-state index is 9.26. The molecule has 0 aromatic rings. The normalized spacial score (nSPS) is 37.6. The Morgan fingerprint density at radius 1 is 1.75 bits per heavy atom. The van der Waals surface area contributed by atoms with Crippen molar-refractivity contribution in [3.8, 4) is 0 Å². The van der Waals surface area contributed by atoms with Crippen molar-refractivity contribution in [3.63, 3.8) is 0 Å². The van der Waals surface area contributed by atoms with E-state index in [-0.39, 0.29) is 0 Å². The Morgan fingerprint density at radius 2 is 2.50 bits per heavy atom. The van der Waals surface area contributed by atoms with Gasteiger partial charge in [0, 0.05) is 13.0 Å². The van der Waals surface area contributed by atoms with Crippen LogP contribution in [-0.4, -0.2) is 23.9 Å². The van der Waals surface area contributed by atoms with E-state index in [2.05, 4.69) is 6.58 Å². The lowest BCUT2D eigenvalue weighted by molar-refractivity contribution is 0.0687. The standard InChI is InChI=1S/C6H10O2/c1-2-6(7)3-4-8-5-6/h2,7H,1,3-5H2. The molecule has 1 heterocycles. The van der Waals surface area contributed by atoms with E-state index in [1.807, 2.05) is 0 Å². The van der Waals surface area contributed by atoms with Gasteiger partial charge in [-0.25, -0.2) is 0 Å². The van der Waals surface area contributed by atoms with Gasteiger partial charge in [0.1, 0.15) is 5.60 Å². The first-order chi connectivity index (χ1) is 3.77. The summed E-state index contributed by atoms with van der Waals surface area (Å²) in [5.74, 6) is 0. The molecule has 1 saturated heterocycles. The Kier molecular flexibility index (Phi) is 1.36. The van der Waals surface area contributed by atoms with Gasteiger partial charge < -0.3 is 9.84 Å². The highest BCUT2D eigenvalue weighted by Gasteiger charge is 2.27. The molecule has 0 aromatic heterocycles. The first-order valence-electron chi connectivity index (χ1n) is 2.70. The monoisotopic (exact) mass is 114 g/mol. The summed E-state index contributed by atoms with van der Waals surface area (Å²) in [5, 5.41) is 9.26. The van der Waals surface area contributed by atoms with E-state index in [4.69, 9.17) is 4.74 Å². The van der Waals surface area contributed by atoms with Crippen molar-refractivity contribution in [3.05, 3.63) is 12.7 Å². The summed E-state index contributed by atoms with van der Waals surface area (Å²) < 4.78 is 4.93. The highest BCUT2D eigenvalue weighted by molar-refractivity contribution is 4.98. The highest BCUT2D eigenvalue weighted by atomic mass is 16.5. The molecule has 0 saturated carbocycles. The SMILES string of the molecule is C=CC1(O)CCOC1. The molecule has 1 unspecified atom stereocenters. The second kappa shape index (κ2) is 1.88. The van der Waals surface area contributed by atoms with Gasteiger partial charge in [0.05, 0.1) is 6.61 Å². The maximum atomic E-state index is 9.26. The van der Waals surface area contributed by atoms with Crippen LogP contribution in [0.4, 0.5) is 0 Å². The van der Waals surface area contributed by atoms with E-state index >= 15 is 0 Å². The Balaban J connectivity index is 2.52. The van der Waals surface area contributed by atoms with Crippen LogP contribution in [0.1, 0.15) is 6.42 Å². The van der Waals surface area contributed by atoms with Gasteiger partial charge >= 0.3 is 0 Å². The van der Waals surface area contributed by atoms with E-state index in [0.29, 0.717) is 19.6 Å². The van der Waals surface area contributed by atoms with Gasteiger partial charge in [-0.05, 0) is 0 Å². The quantitative estimate of drug-likeness (QED) is 0.497. The summed E-state index contributed by atoms with van der Waals surface area (Å²) in [5.41, 5.74) is -0.722. The molecular weight excluding hydrogens is 104 g/mol. The maximum Gasteiger partial charge on any atom is 0.108 e. The predicted molar refractivity (Wildman–Crippen MR) is 30.6 cm³/mol. The van der Waals surface area contributed by atoms with E-state index < -0.39 is 5.60 Å². The molecule has 0 aromatic carbocycles. The number of rotatable bonds is 1. The van der Waals surface area contributed by atoms with Crippen molar-refractivity contribution in [1.82, 2.24) is 0 Å². The number of aliphatic hydroxyl groups is 1. The summed E-state index contributed by atoms with van der Waals surface area (Å²) >= 11 is 0. The molecule has 0 amide bonds. The van der Waals surface area contributed by atoms with Gasteiger partial charge in [-0.1, -0.05) is 6.08 Å². The molecule has 1 aliphatic rings. The molecule has 1 rings (SSSR count). The Labute approximate surface area is 48.8 Å². The Morgan fingerprint density at radius 3 is 2.75 bits per heavy atom. The second-order valence-corrected chi connectivity index (χ2v) is 2.11. The average molecular weight is 114 g/mol. The fourth-order valence-corrected chi connectivity index (χ4v) is 0.731. The van der Waals surface area contributed by atoms with Crippen molar-refractivity contribution in [2.75, 3.05) is 13.2 Å². The Bertz CT molecular complexity index is 92.7. The lowest BCUT2D eigenvalue weighted by Crippen LogP contribution is -2.24.